The van der Waals surface area contributed by atoms with Gasteiger partial charge in [0.15, 0.2) is 0 Å². The highest BCUT2D eigenvalue weighted by molar-refractivity contribution is 5.89. The molecule has 3 rings (SSSR count). The Bertz CT molecular complexity index is 715. The lowest BCUT2D eigenvalue weighted by Gasteiger charge is -2.20. The van der Waals surface area contributed by atoms with Gasteiger partial charge in [-0.1, -0.05) is 6.07 Å². The molecule has 0 saturated carbocycles. The van der Waals surface area contributed by atoms with Crippen molar-refractivity contribution in [3.05, 3.63) is 64.7 Å². The Kier molecular flexibility index (Phi) is 3.33. The summed E-state index contributed by atoms with van der Waals surface area (Å²) in [6.07, 6.45) is 0.770. The van der Waals surface area contributed by atoms with Gasteiger partial charge in [0.1, 0.15) is 11.6 Å². The van der Waals surface area contributed by atoms with Crippen LogP contribution in [0.3, 0.4) is 0 Å². The second-order valence-electron chi connectivity index (χ2n) is 5.06. The Labute approximate surface area is 120 Å². The molecule has 0 aromatic heterocycles. The first-order valence-electron chi connectivity index (χ1n) is 6.59. The van der Waals surface area contributed by atoms with E-state index in [0.717, 1.165) is 29.8 Å². The van der Waals surface area contributed by atoms with Crippen LogP contribution in [0.1, 0.15) is 21.5 Å². The Morgan fingerprint density at radius 2 is 2.00 bits per heavy atom. The number of hydrogen-bond acceptors (Lipinski definition) is 2. The summed E-state index contributed by atoms with van der Waals surface area (Å²) in [4.78, 5) is 12.9. The van der Waals surface area contributed by atoms with Gasteiger partial charge in [-0.05, 0) is 42.3 Å². The Morgan fingerprint density at radius 1 is 1.19 bits per heavy atom. The predicted molar refractivity (Wildman–Crippen MR) is 74.5 cm³/mol. The summed E-state index contributed by atoms with van der Waals surface area (Å²) < 4.78 is 26.9. The molecule has 2 aromatic rings. The number of carbonyl (C=O) groups is 1. The molecular formula is C16H13F2NO2. The van der Waals surface area contributed by atoms with Crippen LogP contribution in [0.15, 0.2) is 36.4 Å². The zero-order valence-corrected chi connectivity index (χ0v) is 11.1. The number of anilines is 1. The van der Waals surface area contributed by atoms with E-state index in [9.17, 15) is 13.6 Å². The van der Waals surface area contributed by atoms with Crippen LogP contribution >= 0.6 is 0 Å². The molecule has 108 valence electrons. The predicted octanol–water partition coefficient (Wildman–Crippen LogP) is 3.23. The Hall–Kier alpha value is -2.43. The van der Waals surface area contributed by atoms with E-state index < -0.39 is 17.6 Å². The van der Waals surface area contributed by atoms with Crippen molar-refractivity contribution in [2.75, 3.05) is 11.4 Å². The zero-order chi connectivity index (χ0) is 15.0. The zero-order valence-electron chi connectivity index (χ0n) is 11.1. The van der Waals surface area contributed by atoms with Crippen LogP contribution in [0.2, 0.25) is 0 Å². The molecule has 2 aromatic carbocycles. The van der Waals surface area contributed by atoms with Crippen LogP contribution in [0.25, 0.3) is 0 Å². The van der Waals surface area contributed by atoms with Gasteiger partial charge in [-0.25, -0.2) is 13.6 Å². The summed E-state index contributed by atoms with van der Waals surface area (Å²) in [5.74, 6) is -1.94. The van der Waals surface area contributed by atoms with Gasteiger partial charge >= 0.3 is 5.97 Å². The average molecular weight is 289 g/mol. The number of carboxylic acids is 1. The third kappa shape index (κ3) is 2.59. The van der Waals surface area contributed by atoms with E-state index in [1.165, 1.54) is 6.07 Å². The first-order chi connectivity index (χ1) is 10.0. The molecule has 0 radical (unpaired) electrons. The number of aromatic carboxylic acids is 1. The number of rotatable bonds is 3. The lowest BCUT2D eigenvalue weighted by molar-refractivity contribution is 0.0697. The summed E-state index contributed by atoms with van der Waals surface area (Å²) in [6.45, 7) is 0.883. The quantitative estimate of drug-likeness (QED) is 0.943. The fourth-order valence-electron chi connectivity index (χ4n) is 2.61. The molecule has 0 atom stereocenters. The smallest absolute Gasteiger partial charge is 0.335 e. The fourth-order valence-corrected chi connectivity index (χ4v) is 2.61. The second kappa shape index (κ2) is 5.16. The molecule has 0 saturated heterocycles. The monoisotopic (exact) mass is 289 g/mol. The van der Waals surface area contributed by atoms with Crippen LogP contribution in [0, 0.1) is 11.6 Å². The van der Waals surface area contributed by atoms with E-state index in [2.05, 4.69) is 0 Å². The van der Waals surface area contributed by atoms with Gasteiger partial charge in [0, 0.05) is 24.3 Å². The molecule has 21 heavy (non-hydrogen) atoms. The molecule has 1 N–H and O–H groups in total. The summed E-state index contributed by atoms with van der Waals surface area (Å²) in [5, 5.41) is 9.04. The summed E-state index contributed by atoms with van der Waals surface area (Å²) in [7, 11) is 0. The van der Waals surface area contributed by atoms with Gasteiger partial charge in [0.2, 0.25) is 0 Å². The minimum Gasteiger partial charge on any atom is -0.478 e. The molecule has 3 nitrogen and oxygen atoms in total. The van der Waals surface area contributed by atoms with E-state index in [4.69, 9.17) is 5.11 Å². The van der Waals surface area contributed by atoms with Crippen molar-refractivity contribution in [3.63, 3.8) is 0 Å². The maximum absolute atomic E-state index is 13.7. The minimum atomic E-state index is -0.999. The van der Waals surface area contributed by atoms with Gasteiger partial charge in [-0.3, -0.25) is 0 Å². The topological polar surface area (TPSA) is 40.5 Å². The summed E-state index contributed by atoms with van der Waals surface area (Å²) in [6, 6.07) is 8.29. The van der Waals surface area contributed by atoms with Crippen LogP contribution in [-0.2, 0) is 13.0 Å². The van der Waals surface area contributed by atoms with Gasteiger partial charge in [-0.15, -0.1) is 0 Å². The van der Waals surface area contributed by atoms with Gasteiger partial charge in [0.25, 0.3) is 0 Å². The van der Waals surface area contributed by atoms with E-state index in [1.54, 1.807) is 18.2 Å². The molecule has 0 spiro atoms. The lowest BCUT2D eigenvalue weighted by Crippen LogP contribution is -2.20. The van der Waals surface area contributed by atoms with Crippen LogP contribution < -0.4 is 4.90 Å². The highest BCUT2D eigenvalue weighted by Gasteiger charge is 2.21. The maximum Gasteiger partial charge on any atom is 0.335 e. The minimum absolute atomic E-state index is 0.195. The maximum atomic E-state index is 13.7. The van der Waals surface area contributed by atoms with Gasteiger partial charge in [-0.2, -0.15) is 0 Å². The largest absolute Gasteiger partial charge is 0.478 e. The SMILES string of the molecule is O=C(O)c1ccc2c(c1)N(Cc1cc(F)ccc1F)CC2. The number of nitrogens with zero attached hydrogens (tertiary/aromatic N) is 1. The molecule has 0 aliphatic carbocycles. The molecule has 1 aliphatic rings. The van der Waals surface area contributed by atoms with Crippen molar-refractivity contribution in [2.45, 2.75) is 13.0 Å². The first-order valence-corrected chi connectivity index (χ1v) is 6.59. The second-order valence-corrected chi connectivity index (χ2v) is 5.06. The van der Waals surface area contributed by atoms with Crippen molar-refractivity contribution in [1.82, 2.24) is 0 Å². The number of carboxylic acid groups (broad SMARTS) is 1. The molecule has 1 heterocycles. The number of fused-ring (bicyclic) bond motifs is 1. The molecule has 0 bridgehead atoms. The summed E-state index contributed by atoms with van der Waals surface area (Å²) in [5.41, 5.74) is 2.26. The number of halogens is 2. The molecule has 0 fully saturated rings. The van der Waals surface area contributed by atoms with E-state index in [1.807, 2.05) is 4.90 Å². The average Bonchev–Trinajstić information content (AvgIpc) is 2.85. The third-order valence-corrected chi connectivity index (χ3v) is 3.69. The van der Waals surface area contributed by atoms with E-state index in [-0.39, 0.29) is 17.7 Å². The third-order valence-electron chi connectivity index (χ3n) is 3.69. The highest BCUT2D eigenvalue weighted by atomic mass is 19.1. The molecule has 1 aliphatic heterocycles. The van der Waals surface area contributed by atoms with Crippen molar-refractivity contribution in [1.29, 1.82) is 0 Å². The Balaban J connectivity index is 1.92. The van der Waals surface area contributed by atoms with E-state index >= 15 is 0 Å². The molecule has 5 heteroatoms. The van der Waals surface area contributed by atoms with Gasteiger partial charge in [0.05, 0.1) is 5.56 Å². The number of benzene rings is 2. The summed E-state index contributed by atoms with van der Waals surface area (Å²) >= 11 is 0. The molecule has 0 unspecified atom stereocenters. The fraction of sp³-hybridized carbons (Fsp3) is 0.188. The van der Waals surface area contributed by atoms with Crippen LogP contribution in [-0.4, -0.2) is 17.6 Å². The molecule has 0 amide bonds. The van der Waals surface area contributed by atoms with Crippen LogP contribution in [0.5, 0.6) is 0 Å². The lowest BCUT2D eigenvalue weighted by atomic mass is 10.1. The standard InChI is InChI=1S/C16H13F2NO2/c17-13-3-4-14(18)12(7-13)9-19-6-5-10-1-2-11(16(20)21)8-15(10)19/h1-4,7-8H,5-6,9H2,(H,20,21). The first kappa shape index (κ1) is 13.5. The number of hydrogen-bond donors (Lipinski definition) is 1. The normalized spacial score (nSPS) is 13.3. The van der Waals surface area contributed by atoms with Crippen molar-refractivity contribution >= 4 is 11.7 Å². The highest BCUT2D eigenvalue weighted by Crippen LogP contribution is 2.30. The molecular weight excluding hydrogens is 276 g/mol. The van der Waals surface area contributed by atoms with Crippen molar-refractivity contribution in [2.24, 2.45) is 0 Å². The Morgan fingerprint density at radius 3 is 2.76 bits per heavy atom. The van der Waals surface area contributed by atoms with E-state index in [0.29, 0.717) is 6.54 Å². The van der Waals surface area contributed by atoms with Gasteiger partial charge < -0.3 is 10.0 Å². The van der Waals surface area contributed by atoms with Crippen molar-refractivity contribution in [3.8, 4) is 0 Å². The van der Waals surface area contributed by atoms with Crippen molar-refractivity contribution < 1.29 is 18.7 Å². The van der Waals surface area contributed by atoms with Crippen LogP contribution in [0.4, 0.5) is 14.5 Å².